The summed E-state index contributed by atoms with van der Waals surface area (Å²) in [5.74, 6) is -1.75. The SMILES string of the molecule is O=C(O)C1(C(=O)N2CCC(CO)(C(F)(F)F)CC2)CCCCC1. The summed E-state index contributed by atoms with van der Waals surface area (Å²) < 4.78 is 39.4. The smallest absolute Gasteiger partial charge is 0.396 e. The third kappa shape index (κ3) is 3.05. The van der Waals surface area contributed by atoms with Gasteiger partial charge >= 0.3 is 12.1 Å². The summed E-state index contributed by atoms with van der Waals surface area (Å²) in [6.45, 7) is -1.36. The second-order valence-corrected chi connectivity index (χ2v) is 6.68. The van der Waals surface area contributed by atoms with Crippen LogP contribution < -0.4 is 0 Å². The molecule has 2 fully saturated rings. The zero-order valence-electron chi connectivity index (χ0n) is 12.9. The molecule has 2 N–H and O–H groups in total. The van der Waals surface area contributed by atoms with Gasteiger partial charge < -0.3 is 15.1 Å². The van der Waals surface area contributed by atoms with Crippen LogP contribution >= 0.6 is 0 Å². The largest absolute Gasteiger partial charge is 0.480 e. The molecule has 1 saturated carbocycles. The third-order valence-electron chi connectivity index (χ3n) is 5.44. The first kappa shape index (κ1) is 18.0. The summed E-state index contributed by atoms with van der Waals surface area (Å²) in [4.78, 5) is 25.5. The Kier molecular flexibility index (Phi) is 4.94. The van der Waals surface area contributed by atoms with Crippen LogP contribution in [0.15, 0.2) is 0 Å². The molecule has 1 heterocycles. The van der Waals surface area contributed by atoms with E-state index in [0.717, 1.165) is 6.42 Å². The van der Waals surface area contributed by atoms with Gasteiger partial charge in [0.1, 0.15) is 5.41 Å². The van der Waals surface area contributed by atoms with E-state index in [1.54, 1.807) is 0 Å². The fraction of sp³-hybridized carbons (Fsp3) is 0.867. The molecule has 1 aliphatic carbocycles. The van der Waals surface area contributed by atoms with Crippen molar-refractivity contribution in [2.24, 2.45) is 10.8 Å². The normalized spacial score (nSPS) is 24.3. The van der Waals surface area contributed by atoms with Crippen molar-refractivity contribution < 1.29 is 33.0 Å². The molecular formula is C15H22F3NO4. The summed E-state index contributed by atoms with van der Waals surface area (Å²) >= 11 is 0. The molecule has 0 unspecified atom stereocenters. The Morgan fingerprint density at radius 1 is 1.00 bits per heavy atom. The highest BCUT2D eigenvalue weighted by Gasteiger charge is 2.57. The number of likely N-dealkylation sites (tertiary alicyclic amines) is 1. The fourth-order valence-corrected chi connectivity index (χ4v) is 3.65. The first-order valence-corrected chi connectivity index (χ1v) is 7.89. The molecule has 2 rings (SSSR count). The molecule has 0 aromatic rings. The van der Waals surface area contributed by atoms with Gasteiger partial charge in [0.05, 0.1) is 12.0 Å². The summed E-state index contributed by atoms with van der Waals surface area (Å²) in [7, 11) is 0. The number of rotatable bonds is 3. The molecule has 1 saturated heterocycles. The molecule has 1 amide bonds. The minimum Gasteiger partial charge on any atom is -0.480 e. The second-order valence-electron chi connectivity index (χ2n) is 6.68. The third-order valence-corrected chi connectivity index (χ3v) is 5.44. The van der Waals surface area contributed by atoms with Crippen LogP contribution in [0.25, 0.3) is 0 Å². The van der Waals surface area contributed by atoms with Gasteiger partial charge in [0.15, 0.2) is 0 Å². The van der Waals surface area contributed by atoms with Crippen LogP contribution in [0.5, 0.6) is 0 Å². The highest BCUT2D eigenvalue weighted by atomic mass is 19.4. The maximum absolute atomic E-state index is 13.1. The predicted octanol–water partition coefficient (Wildman–Crippen LogP) is 2.18. The van der Waals surface area contributed by atoms with Gasteiger partial charge in [0.25, 0.3) is 0 Å². The van der Waals surface area contributed by atoms with E-state index in [0.29, 0.717) is 12.8 Å². The Labute approximate surface area is 132 Å². The first-order valence-electron chi connectivity index (χ1n) is 7.89. The molecule has 5 nitrogen and oxygen atoms in total. The van der Waals surface area contributed by atoms with Crippen LogP contribution in [0.4, 0.5) is 13.2 Å². The van der Waals surface area contributed by atoms with Crippen molar-refractivity contribution in [3.63, 3.8) is 0 Å². The molecule has 23 heavy (non-hydrogen) atoms. The number of hydrogen-bond acceptors (Lipinski definition) is 3. The van der Waals surface area contributed by atoms with Gasteiger partial charge in [-0.3, -0.25) is 9.59 Å². The van der Waals surface area contributed by atoms with Gasteiger partial charge in [-0.05, 0) is 25.7 Å². The molecule has 132 valence electrons. The van der Waals surface area contributed by atoms with E-state index >= 15 is 0 Å². The van der Waals surface area contributed by atoms with E-state index in [1.165, 1.54) is 4.90 Å². The van der Waals surface area contributed by atoms with Crippen molar-refractivity contribution >= 4 is 11.9 Å². The van der Waals surface area contributed by atoms with Crippen molar-refractivity contribution in [3.8, 4) is 0 Å². The van der Waals surface area contributed by atoms with E-state index in [4.69, 9.17) is 0 Å². The lowest BCUT2D eigenvalue weighted by atomic mass is 9.72. The molecule has 2 aliphatic rings. The lowest BCUT2D eigenvalue weighted by Crippen LogP contribution is -2.56. The van der Waals surface area contributed by atoms with E-state index in [1.807, 2.05) is 0 Å². The molecule has 0 atom stereocenters. The number of carbonyl (C=O) groups excluding carboxylic acids is 1. The number of piperidine rings is 1. The number of halogens is 3. The number of amides is 1. The molecule has 0 radical (unpaired) electrons. The summed E-state index contributed by atoms with van der Waals surface area (Å²) in [6, 6.07) is 0. The first-order chi connectivity index (χ1) is 10.7. The number of nitrogens with zero attached hydrogens (tertiary/aromatic N) is 1. The zero-order chi connectivity index (χ0) is 17.3. The monoisotopic (exact) mass is 337 g/mol. The quantitative estimate of drug-likeness (QED) is 0.774. The lowest BCUT2D eigenvalue weighted by molar-refractivity contribution is -0.249. The standard InChI is InChI=1S/C15H22F3NO4/c16-15(17,18)13(10-20)6-8-19(9-7-13)11(21)14(12(22)23)4-2-1-3-5-14/h20H,1-10H2,(H,22,23). The number of hydrogen-bond donors (Lipinski definition) is 2. The van der Waals surface area contributed by atoms with Gasteiger partial charge in [-0.15, -0.1) is 0 Å². The topological polar surface area (TPSA) is 77.8 Å². The predicted molar refractivity (Wildman–Crippen MR) is 74.5 cm³/mol. The Morgan fingerprint density at radius 2 is 1.52 bits per heavy atom. The highest BCUT2D eigenvalue weighted by Crippen LogP contribution is 2.47. The number of carbonyl (C=O) groups is 2. The number of carboxylic acids is 1. The van der Waals surface area contributed by atoms with Crippen molar-refractivity contribution in [2.75, 3.05) is 19.7 Å². The van der Waals surface area contributed by atoms with Crippen LogP contribution in [0, 0.1) is 10.8 Å². The maximum atomic E-state index is 13.1. The van der Waals surface area contributed by atoms with Gasteiger partial charge in [0, 0.05) is 13.1 Å². The number of alkyl halides is 3. The van der Waals surface area contributed by atoms with Crippen LogP contribution in [-0.2, 0) is 9.59 Å². The van der Waals surface area contributed by atoms with Crippen molar-refractivity contribution in [1.82, 2.24) is 4.90 Å². The van der Waals surface area contributed by atoms with Crippen LogP contribution in [0.3, 0.4) is 0 Å². The Balaban J connectivity index is 2.12. The lowest BCUT2D eigenvalue weighted by Gasteiger charge is -2.44. The molecule has 0 aromatic heterocycles. The van der Waals surface area contributed by atoms with Gasteiger partial charge in [-0.2, -0.15) is 13.2 Å². The highest BCUT2D eigenvalue weighted by molar-refractivity contribution is 6.02. The summed E-state index contributed by atoms with van der Waals surface area (Å²) in [5.41, 5.74) is -3.68. The molecule has 0 bridgehead atoms. The van der Waals surface area contributed by atoms with Crippen LogP contribution in [0.1, 0.15) is 44.9 Å². The minimum atomic E-state index is -4.54. The average Bonchev–Trinajstić information content (AvgIpc) is 2.53. The van der Waals surface area contributed by atoms with Gasteiger partial charge in [0.2, 0.25) is 5.91 Å². The Morgan fingerprint density at radius 3 is 1.91 bits per heavy atom. The van der Waals surface area contributed by atoms with Crippen molar-refractivity contribution in [2.45, 2.75) is 51.1 Å². The molecule has 0 aromatic carbocycles. The number of carboxylic acid groups (broad SMARTS) is 1. The van der Waals surface area contributed by atoms with Crippen LogP contribution in [-0.4, -0.2) is 52.9 Å². The average molecular weight is 337 g/mol. The van der Waals surface area contributed by atoms with E-state index in [9.17, 15) is 33.0 Å². The summed E-state index contributed by atoms with van der Waals surface area (Å²) in [6.07, 6.45) is -2.72. The molecule has 1 aliphatic heterocycles. The molecular weight excluding hydrogens is 315 g/mol. The van der Waals surface area contributed by atoms with E-state index < -0.39 is 48.3 Å². The van der Waals surface area contributed by atoms with Crippen LogP contribution in [0.2, 0.25) is 0 Å². The fourth-order valence-electron chi connectivity index (χ4n) is 3.65. The number of aliphatic carboxylic acids is 1. The molecule has 0 spiro atoms. The van der Waals surface area contributed by atoms with Crippen molar-refractivity contribution in [1.29, 1.82) is 0 Å². The number of aliphatic hydroxyl groups is 1. The molecule has 8 heteroatoms. The van der Waals surface area contributed by atoms with Crippen molar-refractivity contribution in [3.05, 3.63) is 0 Å². The number of aliphatic hydroxyl groups excluding tert-OH is 1. The summed E-state index contributed by atoms with van der Waals surface area (Å²) in [5, 5.41) is 18.7. The van der Waals surface area contributed by atoms with Gasteiger partial charge in [-0.25, -0.2) is 0 Å². The second kappa shape index (κ2) is 6.30. The van der Waals surface area contributed by atoms with E-state index in [-0.39, 0.29) is 25.9 Å². The Bertz CT molecular complexity index is 464. The Hall–Kier alpha value is -1.31. The minimum absolute atomic E-state index is 0.173. The van der Waals surface area contributed by atoms with E-state index in [2.05, 4.69) is 0 Å². The maximum Gasteiger partial charge on any atom is 0.396 e. The van der Waals surface area contributed by atoms with Gasteiger partial charge in [-0.1, -0.05) is 19.3 Å². The zero-order valence-corrected chi connectivity index (χ0v) is 12.9.